The number of amides is 1. The third-order valence-corrected chi connectivity index (χ3v) is 5.08. The van der Waals surface area contributed by atoms with Gasteiger partial charge >= 0.3 is 6.09 Å². The normalized spacial score (nSPS) is 22.5. The van der Waals surface area contributed by atoms with E-state index in [9.17, 15) is 4.79 Å². The number of anilines is 1. The van der Waals surface area contributed by atoms with E-state index < -0.39 is 0 Å². The van der Waals surface area contributed by atoms with Crippen molar-refractivity contribution in [2.24, 2.45) is 7.05 Å². The van der Waals surface area contributed by atoms with Crippen LogP contribution in [0.3, 0.4) is 0 Å². The second kappa shape index (κ2) is 6.90. The Morgan fingerprint density at radius 1 is 1.44 bits per heavy atom. The molecule has 0 radical (unpaired) electrons. The molecule has 0 bridgehead atoms. The van der Waals surface area contributed by atoms with Crippen molar-refractivity contribution in [3.63, 3.8) is 0 Å². The predicted octanol–water partition coefficient (Wildman–Crippen LogP) is 1.10. The van der Waals surface area contributed by atoms with Crippen LogP contribution in [0.5, 0.6) is 0 Å². The van der Waals surface area contributed by atoms with Crippen LogP contribution in [-0.4, -0.2) is 57.0 Å². The molecule has 3 N–H and O–H groups in total. The lowest BCUT2D eigenvalue weighted by Gasteiger charge is -2.33. The molecule has 0 spiro atoms. The Bertz CT molecular complexity index is 892. The molecule has 2 aliphatic heterocycles. The number of aryl methyl sites for hydroxylation is 1. The summed E-state index contributed by atoms with van der Waals surface area (Å²) in [5.74, 6) is 1.02. The van der Waals surface area contributed by atoms with Gasteiger partial charge in [0, 0.05) is 56.2 Å². The number of rotatable bonds is 4. The average molecular weight is 369 g/mol. The van der Waals surface area contributed by atoms with Crippen molar-refractivity contribution in [3.8, 4) is 0 Å². The van der Waals surface area contributed by atoms with Crippen molar-refractivity contribution in [2.45, 2.75) is 24.8 Å². The number of nitrogen functional groups attached to an aromatic ring is 1. The van der Waals surface area contributed by atoms with Gasteiger partial charge in [-0.1, -0.05) is 0 Å². The summed E-state index contributed by atoms with van der Waals surface area (Å²) in [6, 6.07) is 1.81. The van der Waals surface area contributed by atoms with Gasteiger partial charge in [0.1, 0.15) is 12.4 Å². The van der Waals surface area contributed by atoms with Crippen LogP contribution in [-0.2, 0) is 11.8 Å². The zero-order valence-electron chi connectivity index (χ0n) is 15.4. The van der Waals surface area contributed by atoms with E-state index in [1.807, 2.05) is 26.5 Å². The Balaban J connectivity index is 1.73. The third-order valence-electron chi connectivity index (χ3n) is 5.08. The molecule has 2 atom stereocenters. The van der Waals surface area contributed by atoms with Crippen molar-refractivity contribution in [2.75, 3.05) is 25.9 Å². The molecule has 0 unspecified atom stereocenters. The molecule has 2 aromatic rings. The lowest BCUT2D eigenvalue weighted by molar-refractivity contribution is 0.151. The average Bonchev–Trinajstić information content (AvgIpc) is 3.25. The molecular formula is C18H23N7O2. The molecule has 9 nitrogen and oxygen atoms in total. The quantitative estimate of drug-likeness (QED) is 0.830. The summed E-state index contributed by atoms with van der Waals surface area (Å²) in [6.45, 7) is 1.12. The van der Waals surface area contributed by atoms with Crippen molar-refractivity contribution in [3.05, 3.63) is 41.7 Å². The van der Waals surface area contributed by atoms with Gasteiger partial charge in [-0.05, 0) is 12.8 Å². The van der Waals surface area contributed by atoms with E-state index in [0.717, 1.165) is 36.2 Å². The number of nitrogens with two attached hydrogens (primary N) is 1. The highest BCUT2D eigenvalue weighted by atomic mass is 16.6. The van der Waals surface area contributed by atoms with Gasteiger partial charge in [-0.3, -0.25) is 4.68 Å². The number of hydrogen-bond acceptors (Lipinski definition) is 7. The molecule has 4 rings (SSSR count). The number of fused-ring (bicyclic) bond motifs is 1. The number of piperidine rings is 1. The fraction of sp³-hybridized carbons (Fsp3) is 0.444. The van der Waals surface area contributed by atoms with Crippen molar-refractivity contribution in [1.29, 1.82) is 0 Å². The van der Waals surface area contributed by atoms with Crippen molar-refractivity contribution < 1.29 is 9.53 Å². The highest BCUT2D eigenvalue weighted by Gasteiger charge is 2.42. The first-order valence-electron chi connectivity index (χ1n) is 9.01. The molecule has 142 valence electrons. The molecule has 0 saturated carbocycles. The van der Waals surface area contributed by atoms with Crippen LogP contribution < -0.4 is 11.1 Å². The minimum atomic E-state index is -0.238. The first-order chi connectivity index (χ1) is 13.1. The number of hydrogen-bond donors (Lipinski definition) is 2. The first-order valence-corrected chi connectivity index (χ1v) is 9.01. The lowest BCUT2D eigenvalue weighted by Crippen LogP contribution is -2.42. The minimum Gasteiger partial charge on any atom is -0.447 e. The highest BCUT2D eigenvalue weighted by Crippen LogP contribution is 2.36. The molecule has 9 heteroatoms. The summed E-state index contributed by atoms with van der Waals surface area (Å²) in [5.41, 5.74) is 8.67. The smallest absolute Gasteiger partial charge is 0.410 e. The van der Waals surface area contributed by atoms with E-state index in [4.69, 9.17) is 15.5 Å². The third kappa shape index (κ3) is 3.20. The summed E-state index contributed by atoms with van der Waals surface area (Å²) < 4.78 is 6.98. The SMILES string of the molecule is CNC=C(c1cnn(C)c1)c1nc(N)cc([C@H]2CCCN3C(=O)OC[C@H]23)n1. The zero-order chi connectivity index (χ0) is 19.0. The van der Waals surface area contributed by atoms with Gasteiger partial charge in [0.2, 0.25) is 0 Å². The van der Waals surface area contributed by atoms with Gasteiger partial charge in [-0.2, -0.15) is 5.10 Å². The molecule has 2 fully saturated rings. The van der Waals surface area contributed by atoms with Crippen molar-refractivity contribution >= 4 is 17.5 Å². The summed E-state index contributed by atoms with van der Waals surface area (Å²) in [6.07, 6.45) is 7.12. The highest BCUT2D eigenvalue weighted by molar-refractivity contribution is 5.76. The Hall–Kier alpha value is -3.10. The molecule has 0 aliphatic carbocycles. The van der Waals surface area contributed by atoms with Crippen LogP contribution in [0, 0.1) is 0 Å². The predicted molar refractivity (Wildman–Crippen MR) is 99.6 cm³/mol. The van der Waals surface area contributed by atoms with Crippen LogP contribution >= 0.6 is 0 Å². The van der Waals surface area contributed by atoms with Crippen LogP contribution in [0.15, 0.2) is 24.7 Å². The Labute approximate surface area is 157 Å². The first kappa shape index (κ1) is 17.3. The van der Waals surface area contributed by atoms with E-state index in [0.29, 0.717) is 18.2 Å². The van der Waals surface area contributed by atoms with Gasteiger partial charge in [-0.15, -0.1) is 0 Å². The summed E-state index contributed by atoms with van der Waals surface area (Å²) in [5, 5.41) is 7.27. The Morgan fingerprint density at radius 3 is 3.04 bits per heavy atom. The van der Waals surface area contributed by atoms with Gasteiger partial charge in [0.25, 0.3) is 0 Å². The molecule has 2 aromatic heterocycles. The monoisotopic (exact) mass is 369 g/mol. The van der Waals surface area contributed by atoms with Gasteiger partial charge < -0.3 is 20.7 Å². The van der Waals surface area contributed by atoms with Crippen LogP contribution in [0.1, 0.15) is 35.8 Å². The lowest BCUT2D eigenvalue weighted by atomic mass is 9.87. The topological polar surface area (TPSA) is 111 Å². The summed E-state index contributed by atoms with van der Waals surface area (Å²) >= 11 is 0. The Morgan fingerprint density at radius 2 is 2.30 bits per heavy atom. The van der Waals surface area contributed by atoms with Crippen LogP contribution in [0.4, 0.5) is 10.6 Å². The van der Waals surface area contributed by atoms with E-state index in [1.54, 1.807) is 21.8 Å². The number of carbonyl (C=O) groups excluding carboxylic acids is 1. The molecule has 4 heterocycles. The number of nitrogens with zero attached hydrogens (tertiary/aromatic N) is 5. The van der Waals surface area contributed by atoms with Gasteiger partial charge in [0.05, 0.1) is 17.9 Å². The second-order valence-corrected chi connectivity index (χ2v) is 6.88. The standard InChI is InChI=1S/C18H23N7O2/c1-20-8-13(11-7-21-24(2)9-11)17-22-14(6-16(19)23-17)12-4-3-5-25-15(12)10-27-18(25)26/h6-9,12,15,20H,3-5,10H2,1-2H3,(H2,19,22,23)/t12-,15-/m1/s1. The molecule has 0 aromatic carbocycles. The fourth-order valence-electron chi connectivity index (χ4n) is 3.85. The Kier molecular flexibility index (Phi) is 4.43. The number of aromatic nitrogens is 4. The van der Waals surface area contributed by atoms with E-state index >= 15 is 0 Å². The zero-order valence-corrected chi connectivity index (χ0v) is 15.4. The number of nitrogens with one attached hydrogen (secondary N) is 1. The maximum atomic E-state index is 11.9. The molecule has 2 aliphatic rings. The van der Waals surface area contributed by atoms with Crippen LogP contribution in [0.25, 0.3) is 5.57 Å². The number of ether oxygens (including phenoxy) is 1. The maximum Gasteiger partial charge on any atom is 0.410 e. The number of carbonyl (C=O) groups is 1. The second-order valence-electron chi connectivity index (χ2n) is 6.88. The number of cyclic esters (lactones) is 1. The van der Waals surface area contributed by atoms with E-state index in [1.165, 1.54) is 0 Å². The van der Waals surface area contributed by atoms with Crippen LogP contribution in [0.2, 0.25) is 0 Å². The van der Waals surface area contributed by atoms with E-state index in [2.05, 4.69) is 15.4 Å². The van der Waals surface area contributed by atoms with Gasteiger partial charge in [0.15, 0.2) is 5.82 Å². The molecule has 27 heavy (non-hydrogen) atoms. The molecule has 2 saturated heterocycles. The fourth-order valence-corrected chi connectivity index (χ4v) is 3.85. The summed E-state index contributed by atoms with van der Waals surface area (Å²) in [7, 11) is 3.68. The molecule has 1 amide bonds. The minimum absolute atomic E-state index is 0.00326. The molecular weight excluding hydrogens is 346 g/mol. The largest absolute Gasteiger partial charge is 0.447 e. The maximum absolute atomic E-state index is 11.9. The van der Waals surface area contributed by atoms with Gasteiger partial charge in [-0.25, -0.2) is 14.8 Å². The van der Waals surface area contributed by atoms with Crippen molar-refractivity contribution in [1.82, 2.24) is 30.0 Å². The van der Waals surface area contributed by atoms with E-state index in [-0.39, 0.29) is 18.1 Å². The summed E-state index contributed by atoms with van der Waals surface area (Å²) in [4.78, 5) is 23.0.